The zero-order valence-corrected chi connectivity index (χ0v) is 17.7. The van der Waals surface area contributed by atoms with Gasteiger partial charge in [0.2, 0.25) is 11.8 Å². The molecule has 1 saturated heterocycles. The quantitative estimate of drug-likeness (QED) is 0.747. The average molecular weight is 450 g/mol. The molecule has 2 heterocycles. The number of carbonyl (C=O) groups excluding carboxylic acids is 3. The Balaban J connectivity index is 1.77. The molecule has 3 rings (SSSR count). The molecule has 1 atom stereocenters. The number of benzene rings is 1. The van der Waals surface area contributed by atoms with Gasteiger partial charge in [0.05, 0.1) is 11.5 Å². The summed E-state index contributed by atoms with van der Waals surface area (Å²) in [6, 6.07) is 5.66. The number of hydrogen-bond donors (Lipinski definition) is 2. The highest BCUT2D eigenvalue weighted by molar-refractivity contribution is 9.10. The van der Waals surface area contributed by atoms with Crippen LogP contribution in [0.2, 0.25) is 0 Å². The summed E-state index contributed by atoms with van der Waals surface area (Å²) >= 11 is 4.77. The first-order chi connectivity index (χ1) is 12.7. The molecule has 142 valence electrons. The summed E-state index contributed by atoms with van der Waals surface area (Å²) < 4.78 is 0.967. The zero-order valence-electron chi connectivity index (χ0n) is 15.3. The van der Waals surface area contributed by atoms with Crippen LogP contribution in [0.3, 0.4) is 0 Å². The second-order valence-corrected chi connectivity index (χ2v) is 8.76. The topological polar surface area (TPSA) is 92.5 Å². The first-order valence-electron chi connectivity index (χ1n) is 8.46. The van der Waals surface area contributed by atoms with E-state index in [1.807, 2.05) is 32.0 Å². The van der Waals surface area contributed by atoms with Crippen LogP contribution in [-0.4, -0.2) is 24.3 Å². The van der Waals surface area contributed by atoms with Gasteiger partial charge in [-0.1, -0.05) is 15.9 Å². The first kappa shape index (κ1) is 19.6. The van der Waals surface area contributed by atoms with Crippen molar-refractivity contribution in [3.8, 4) is 0 Å². The van der Waals surface area contributed by atoms with E-state index in [2.05, 4.69) is 21.2 Å². The van der Waals surface area contributed by atoms with Crippen LogP contribution in [0.1, 0.15) is 32.8 Å². The van der Waals surface area contributed by atoms with Crippen molar-refractivity contribution in [2.24, 2.45) is 11.7 Å². The maximum absolute atomic E-state index is 12.7. The molecule has 3 N–H and O–H groups in total. The minimum absolute atomic E-state index is 0.0921. The average Bonchev–Trinajstić information content (AvgIpc) is 3.11. The summed E-state index contributed by atoms with van der Waals surface area (Å²) in [5.41, 5.74) is 8.37. The fraction of sp³-hybridized carbons (Fsp3) is 0.316. The molecule has 0 saturated carbocycles. The van der Waals surface area contributed by atoms with Gasteiger partial charge in [0.1, 0.15) is 5.00 Å². The van der Waals surface area contributed by atoms with Crippen LogP contribution < -0.4 is 16.0 Å². The van der Waals surface area contributed by atoms with Crippen molar-refractivity contribution >= 4 is 55.7 Å². The lowest BCUT2D eigenvalue weighted by Gasteiger charge is -2.17. The van der Waals surface area contributed by atoms with Crippen LogP contribution in [0.15, 0.2) is 22.7 Å². The van der Waals surface area contributed by atoms with Crippen LogP contribution in [0.25, 0.3) is 0 Å². The SMILES string of the molecule is Cc1cc(N2CC(C(=O)Nc3sc(C)c(C)c3C(N)=O)CC2=O)ccc1Br. The fourth-order valence-corrected chi connectivity index (χ4v) is 4.47. The molecule has 2 aromatic rings. The summed E-state index contributed by atoms with van der Waals surface area (Å²) in [4.78, 5) is 39.4. The molecule has 1 aliphatic heterocycles. The molecule has 0 radical (unpaired) electrons. The van der Waals surface area contributed by atoms with Crippen LogP contribution in [-0.2, 0) is 9.59 Å². The van der Waals surface area contributed by atoms with Gasteiger partial charge in [0, 0.05) is 28.0 Å². The van der Waals surface area contributed by atoms with Gasteiger partial charge in [-0.05, 0) is 50.1 Å². The Labute approximate surface area is 169 Å². The number of hydrogen-bond acceptors (Lipinski definition) is 4. The van der Waals surface area contributed by atoms with Gasteiger partial charge in [-0.25, -0.2) is 0 Å². The third-order valence-corrected chi connectivity index (χ3v) is 6.83. The number of nitrogens with one attached hydrogen (secondary N) is 1. The predicted octanol–water partition coefficient (Wildman–Crippen LogP) is 3.53. The smallest absolute Gasteiger partial charge is 0.251 e. The van der Waals surface area contributed by atoms with E-state index in [1.165, 1.54) is 11.3 Å². The highest BCUT2D eigenvalue weighted by atomic mass is 79.9. The van der Waals surface area contributed by atoms with Crippen molar-refractivity contribution < 1.29 is 14.4 Å². The summed E-state index contributed by atoms with van der Waals surface area (Å²) in [7, 11) is 0. The van der Waals surface area contributed by atoms with Crippen LogP contribution in [0.5, 0.6) is 0 Å². The highest BCUT2D eigenvalue weighted by Crippen LogP contribution is 2.34. The third kappa shape index (κ3) is 3.77. The number of amides is 3. The molecule has 0 aliphatic carbocycles. The Morgan fingerprint density at radius 3 is 2.63 bits per heavy atom. The Morgan fingerprint density at radius 1 is 1.30 bits per heavy atom. The highest BCUT2D eigenvalue weighted by Gasteiger charge is 2.36. The monoisotopic (exact) mass is 449 g/mol. The van der Waals surface area contributed by atoms with E-state index in [9.17, 15) is 14.4 Å². The first-order valence-corrected chi connectivity index (χ1v) is 10.1. The molecule has 1 fully saturated rings. The zero-order chi connectivity index (χ0) is 19.9. The van der Waals surface area contributed by atoms with E-state index >= 15 is 0 Å². The van der Waals surface area contributed by atoms with E-state index in [0.717, 1.165) is 26.2 Å². The number of thiophene rings is 1. The number of anilines is 2. The molecule has 3 amide bonds. The summed E-state index contributed by atoms with van der Waals surface area (Å²) in [5, 5.41) is 3.25. The van der Waals surface area contributed by atoms with Gasteiger partial charge in [0.25, 0.3) is 5.91 Å². The maximum Gasteiger partial charge on any atom is 0.251 e. The Kier molecular flexibility index (Phi) is 5.39. The number of carbonyl (C=O) groups is 3. The van der Waals surface area contributed by atoms with E-state index in [4.69, 9.17) is 5.73 Å². The Morgan fingerprint density at radius 2 is 2.00 bits per heavy atom. The van der Waals surface area contributed by atoms with E-state index in [0.29, 0.717) is 17.1 Å². The number of primary amides is 1. The molecular weight excluding hydrogens is 430 g/mol. The fourth-order valence-electron chi connectivity index (χ4n) is 3.16. The lowest BCUT2D eigenvalue weighted by molar-refractivity contribution is -0.122. The maximum atomic E-state index is 12.7. The molecule has 6 nitrogen and oxygen atoms in total. The van der Waals surface area contributed by atoms with Crippen molar-refractivity contribution in [1.29, 1.82) is 0 Å². The van der Waals surface area contributed by atoms with Gasteiger partial charge < -0.3 is 16.0 Å². The van der Waals surface area contributed by atoms with Crippen molar-refractivity contribution in [2.45, 2.75) is 27.2 Å². The lowest BCUT2D eigenvalue weighted by atomic mass is 10.1. The minimum atomic E-state index is -0.568. The van der Waals surface area contributed by atoms with Crippen molar-refractivity contribution in [1.82, 2.24) is 0 Å². The predicted molar refractivity (Wildman–Crippen MR) is 110 cm³/mol. The van der Waals surface area contributed by atoms with Gasteiger partial charge >= 0.3 is 0 Å². The standard InChI is InChI=1S/C19H20BrN3O3S/c1-9-6-13(4-5-14(9)20)23-8-12(7-15(23)24)18(26)22-19-16(17(21)25)10(2)11(3)27-19/h4-6,12H,7-8H2,1-3H3,(H2,21,25)(H,22,26). The molecular formula is C19H20BrN3O3S. The van der Waals surface area contributed by atoms with Crippen molar-refractivity contribution in [2.75, 3.05) is 16.8 Å². The normalized spacial score (nSPS) is 16.7. The van der Waals surface area contributed by atoms with E-state index in [1.54, 1.807) is 11.8 Å². The molecule has 1 unspecified atom stereocenters. The van der Waals surface area contributed by atoms with Gasteiger partial charge in [-0.15, -0.1) is 11.3 Å². The minimum Gasteiger partial charge on any atom is -0.365 e. The molecule has 8 heteroatoms. The second kappa shape index (κ2) is 7.44. The lowest BCUT2D eigenvalue weighted by Crippen LogP contribution is -2.28. The summed E-state index contributed by atoms with van der Waals surface area (Å²) in [6.07, 6.45) is 0.135. The van der Waals surface area contributed by atoms with E-state index in [-0.39, 0.29) is 18.2 Å². The molecule has 0 bridgehead atoms. The number of rotatable bonds is 4. The second-order valence-electron chi connectivity index (χ2n) is 6.68. The van der Waals surface area contributed by atoms with Crippen LogP contribution >= 0.6 is 27.3 Å². The molecule has 1 aliphatic rings. The Hall–Kier alpha value is -2.19. The summed E-state index contributed by atoms with van der Waals surface area (Å²) in [5.74, 6) is -1.42. The third-order valence-electron chi connectivity index (χ3n) is 4.82. The van der Waals surface area contributed by atoms with Crippen LogP contribution in [0, 0.1) is 26.7 Å². The largest absolute Gasteiger partial charge is 0.365 e. The van der Waals surface area contributed by atoms with Crippen molar-refractivity contribution in [3.05, 3.63) is 44.2 Å². The number of halogens is 1. The van der Waals surface area contributed by atoms with Crippen molar-refractivity contribution in [3.63, 3.8) is 0 Å². The summed E-state index contributed by atoms with van der Waals surface area (Å²) in [6.45, 7) is 5.93. The molecule has 0 spiro atoms. The molecule has 27 heavy (non-hydrogen) atoms. The number of nitrogens with zero attached hydrogens (tertiary/aromatic N) is 1. The molecule has 1 aromatic carbocycles. The van der Waals surface area contributed by atoms with Crippen LogP contribution in [0.4, 0.5) is 10.7 Å². The Bertz CT molecular complexity index is 954. The van der Waals surface area contributed by atoms with Gasteiger partial charge in [0.15, 0.2) is 0 Å². The number of nitrogens with two attached hydrogens (primary N) is 1. The van der Waals surface area contributed by atoms with Gasteiger partial charge in [-0.3, -0.25) is 14.4 Å². The molecule has 1 aromatic heterocycles. The van der Waals surface area contributed by atoms with E-state index < -0.39 is 11.8 Å². The number of aryl methyl sites for hydroxylation is 2. The van der Waals surface area contributed by atoms with Gasteiger partial charge in [-0.2, -0.15) is 0 Å².